The summed E-state index contributed by atoms with van der Waals surface area (Å²) >= 11 is 13.1. The van der Waals surface area contributed by atoms with Crippen molar-refractivity contribution < 1.29 is 9.59 Å². The molecule has 2 N–H and O–H groups in total. The number of hydrogen-bond donors (Lipinski definition) is 1. The molecule has 1 aliphatic rings. The largest absolute Gasteiger partial charge is 0.377 e. The fraction of sp³-hybridized carbons (Fsp3) is 0.158. The third kappa shape index (κ3) is 4.55. The number of amidine groups is 1. The zero-order chi connectivity index (χ0) is 20.3. The number of nitrogens with two attached hydrogens (primary N) is 1. The van der Waals surface area contributed by atoms with Gasteiger partial charge in [-0.2, -0.15) is 5.10 Å². The second kappa shape index (κ2) is 8.77. The number of thioether (sulfide) groups is 1. The summed E-state index contributed by atoms with van der Waals surface area (Å²) in [4.78, 5) is 26.1. The van der Waals surface area contributed by atoms with Crippen LogP contribution >= 0.6 is 35.0 Å². The Morgan fingerprint density at radius 2 is 1.86 bits per heavy atom. The molecule has 1 aliphatic heterocycles. The number of halogens is 2. The van der Waals surface area contributed by atoms with Gasteiger partial charge in [0.15, 0.2) is 5.17 Å². The molecule has 0 saturated carbocycles. The predicted octanol–water partition coefficient (Wildman–Crippen LogP) is 4.10. The number of benzene rings is 2. The van der Waals surface area contributed by atoms with Crippen molar-refractivity contribution in [2.45, 2.75) is 18.6 Å². The van der Waals surface area contributed by atoms with E-state index in [2.05, 4.69) is 10.2 Å². The van der Waals surface area contributed by atoms with Gasteiger partial charge >= 0.3 is 0 Å². The van der Waals surface area contributed by atoms with E-state index in [4.69, 9.17) is 28.9 Å². The van der Waals surface area contributed by atoms with Crippen LogP contribution in [0.15, 0.2) is 58.7 Å². The molecule has 2 aromatic carbocycles. The monoisotopic (exact) mass is 434 g/mol. The Bertz CT molecular complexity index is 979. The van der Waals surface area contributed by atoms with Gasteiger partial charge in [-0.3, -0.25) is 9.59 Å². The normalized spacial score (nSPS) is 18.1. The van der Waals surface area contributed by atoms with Crippen LogP contribution < -0.4 is 10.6 Å². The summed E-state index contributed by atoms with van der Waals surface area (Å²) in [7, 11) is 0. The van der Waals surface area contributed by atoms with Crippen molar-refractivity contribution in [3.63, 3.8) is 0 Å². The van der Waals surface area contributed by atoms with Gasteiger partial charge < -0.3 is 5.73 Å². The van der Waals surface area contributed by atoms with Crippen molar-refractivity contribution in [2.24, 2.45) is 15.9 Å². The second-order valence-corrected chi connectivity index (χ2v) is 8.03. The molecule has 1 saturated heterocycles. The van der Waals surface area contributed by atoms with E-state index in [0.717, 1.165) is 22.2 Å². The van der Waals surface area contributed by atoms with Gasteiger partial charge in [-0.15, -0.1) is 5.10 Å². The summed E-state index contributed by atoms with van der Waals surface area (Å²) in [5, 5.41) is 8.11. The van der Waals surface area contributed by atoms with Gasteiger partial charge in [-0.05, 0) is 30.7 Å². The topological polar surface area (TPSA) is 88.1 Å². The number of amides is 2. The van der Waals surface area contributed by atoms with Gasteiger partial charge in [0.25, 0.3) is 0 Å². The standard InChI is InChI=1S/C19H16Cl2N4O2S/c1-11(12-5-3-2-4-6-12)23-24-19(22)28-16-10-17(26)25(18(16)27)15-9-13(20)7-8-14(15)21/h2-9,16H,10H2,1H3,(H2,22,24)/b23-11-/t16-/m0/s1. The number of carbonyl (C=O) groups is 2. The van der Waals surface area contributed by atoms with Crippen molar-refractivity contribution in [3.8, 4) is 0 Å². The van der Waals surface area contributed by atoms with Crippen molar-refractivity contribution in [1.82, 2.24) is 0 Å². The SMILES string of the molecule is C/C(=N/N=C(N)S[C@H]1CC(=O)N(c2cc(Cl)ccc2Cl)C1=O)c1ccccc1. The van der Waals surface area contributed by atoms with Gasteiger partial charge in [0.1, 0.15) is 5.25 Å². The minimum absolute atomic E-state index is 0.00998. The van der Waals surface area contributed by atoms with Crippen LogP contribution in [0.2, 0.25) is 10.0 Å². The average molecular weight is 435 g/mol. The van der Waals surface area contributed by atoms with Gasteiger partial charge in [0, 0.05) is 11.4 Å². The van der Waals surface area contributed by atoms with Crippen molar-refractivity contribution in [2.75, 3.05) is 4.90 Å². The first-order valence-corrected chi connectivity index (χ1v) is 9.92. The number of imide groups is 1. The van der Waals surface area contributed by atoms with E-state index in [-0.39, 0.29) is 28.2 Å². The fourth-order valence-electron chi connectivity index (χ4n) is 2.64. The zero-order valence-corrected chi connectivity index (χ0v) is 17.1. The Kier molecular flexibility index (Phi) is 6.39. The lowest BCUT2D eigenvalue weighted by Crippen LogP contribution is -2.32. The Labute approximate surface area is 176 Å². The number of rotatable bonds is 4. The van der Waals surface area contributed by atoms with Crippen molar-refractivity contribution in [1.29, 1.82) is 0 Å². The molecule has 9 heteroatoms. The average Bonchev–Trinajstić information content (AvgIpc) is 2.95. The number of anilines is 1. The zero-order valence-electron chi connectivity index (χ0n) is 14.8. The molecule has 3 rings (SSSR count). The van der Waals surface area contributed by atoms with Crippen LogP contribution in [0.1, 0.15) is 18.9 Å². The lowest BCUT2D eigenvalue weighted by atomic mass is 10.1. The summed E-state index contributed by atoms with van der Waals surface area (Å²) in [6.45, 7) is 1.81. The van der Waals surface area contributed by atoms with E-state index in [0.29, 0.717) is 10.7 Å². The molecular formula is C19H16Cl2N4O2S. The predicted molar refractivity (Wildman–Crippen MR) is 115 cm³/mol. The maximum absolute atomic E-state index is 12.7. The molecule has 0 aromatic heterocycles. The molecule has 0 bridgehead atoms. The van der Waals surface area contributed by atoms with Gasteiger partial charge in [0.2, 0.25) is 11.8 Å². The third-order valence-electron chi connectivity index (χ3n) is 4.01. The van der Waals surface area contributed by atoms with Crippen molar-refractivity contribution in [3.05, 3.63) is 64.1 Å². The van der Waals surface area contributed by atoms with Crippen LogP contribution in [0.4, 0.5) is 5.69 Å². The van der Waals surface area contributed by atoms with Crippen LogP contribution in [0.25, 0.3) is 0 Å². The maximum atomic E-state index is 12.7. The lowest BCUT2D eigenvalue weighted by molar-refractivity contribution is -0.121. The summed E-state index contributed by atoms with van der Waals surface area (Å²) in [5.41, 5.74) is 7.77. The molecule has 0 radical (unpaired) electrons. The first-order chi connectivity index (χ1) is 13.4. The van der Waals surface area contributed by atoms with E-state index in [1.54, 1.807) is 6.07 Å². The first kappa shape index (κ1) is 20.4. The Hall–Kier alpha value is -2.35. The Morgan fingerprint density at radius 1 is 1.14 bits per heavy atom. The highest BCUT2D eigenvalue weighted by Crippen LogP contribution is 2.35. The van der Waals surface area contributed by atoms with E-state index < -0.39 is 11.2 Å². The van der Waals surface area contributed by atoms with Crippen LogP contribution in [-0.4, -0.2) is 27.9 Å². The molecule has 28 heavy (non-hydrogen) atoms. The number of nitrogens with zero attached hydrogens (tertiary/aromatic N) is 3. The molecule has 0 aliphatic carbocycles. The highest BCUT2D eigenvalue weighted by molar-refractivity contribution is 8.14. The molecule has 1 fully saturated rings. The number of hydrogen-bond acceptors (Lipinski definition) is 5. The van der Waals surface area contributed by atoms with Gasteiger partial charge in [-0.25, -0.2) is 4.90 Å². The summed E-state index contributed by atoms with van der Waals surface area (Å²) in [6.07, 6.45) is -0.00998. The van der Waals surface area contributed by atoms with E-state index in [1.165, 1.54) is 12.1 Å². The fourth-order valence-corrected chi connectivity index (χ4v) is 3.82. The first-order valence-electron chi connectivity index (χ1n) is 8.28. The minimum atomic E-state index is -0.696. The molecule has 6 nitrogen and oxygen atoms in total. The second-order valence-electron chi connectivity index (χ2n) is 5.96. The minimum Gasteiger partial charge on any atom is -0.377 e. The molecule has 0 spiro atoms. The lowest BCUT2D eigenvalue weighted by Gasteiger charge is -2.16. The van der Waals surface area contributed by atoms with Crippen LogP contribution in [0, 0.1) is 0 Å². The van der Waals surface area contributed by atoms with Crippen LogP contribution in [0.5, 0.6) is 0 Å². The van der Waals surface area contributed by atoms with Crippen LogP contribution in [-0.2, 0) is 9.59 Å². The number of carbonyl (C=O) groups excluding carboxylic acids is 2. The third-order valence-corrected chi connectivity index (χ3v) is 5.54. The summed E-state index contributed by atoms with van der Waals surface area (Å²) < 4.78 is 0. The maximum Gasteiger partial charge on any atom is 0.247 e. The van der Waals surface area contributed by atoms with Gasteiger partial charge in [-0.1, -0.05) is 65.3 Å². The molecule has 0 unspecified atom stereocenters. The Balaban J connectivity index is 1.74. The summed E-state index contributed by atoms with van der Waals surface area (Å²) in [5.74, 6) is -0.787. The molecule has 144 valence electrons. The molecular weight excluding hydrogens is 419 g/mol. The molecule has 1 heterocycles. The van der Waals surface area contributed by atoms with Crippen molar-refractivity contribution >= 4 is 63.3 Å². The molecule has 1 atom stereocenters. The summed E-state index contributed by atoms with van der Waals surface area (Å²) in [6, 6.07) is 14.1. The molecule has 2 aromatic rings. The van der Waals surface area contributed by atoms with Gasteiger partial charge in [0.05, 0.1) is 16.4 Å². The quantitative estimate of drug-likeness (QED) is 0.339. The van der Waals surface area contributed by atoms with E-state index >= 15 is 0 Å². The van der Waals surface area contributed by atoms with E-state index in [1.807, 2.05) is 37.3 Å². The smallest absolute Gasteiger partial charge is 0.247 e. The Morgan fingerprint density at radius 3 is 2.57 bits per heavy atom. The molecule has 2 amide bonds. The van der Waals surface area contributed by atoms with Crippen LogP contribution in [0.3, 0.4) is 0 Å². The highest BCUT2D eigenvalue weighted by Gasteiger charge is 2.41. The highest BCUT2D eigenvalue weighted by atomic mass is 35.5. The van der Waals surface area contributed by atoms with E-state index in [9.17, 15) is 9.59 Å².